The van der Waals surface area contributed by atoms with Crippen molar-refractivity contribution in [3.8, 4) is 0 Å². The zero-order chi connectivity index (χ0) is 39.6. The van der Waals surface area contributed by atoms with E-state index in [1.54, 1.807) is 0 Å². The van der Waals surface area contributed by atoms with Crippen LogP contribution in [0.2, 0.25) is 0 Å². The first-order valence-electron chi connectivity index (χ1n) is 22.7. The lowest BCUT2D eigenvalue weighted by atomic mass is 9.82. The number of aliphatic hydroxyl groups excluding tert-OH is 6. The molecular formula is C44H88N2O8. The summed E-state index contributed by atoms with van der Waals surface area (Å²) in [7, 11) is 0. The second-order valence-electron chi connectivity index (χ2n) is 18.1. The molecular weight excluding hydrogens is 684 g/mol. The Kier molecular flexibility index (Phi) is 27.4. The molecule has 5 unspecified atom stereocenters. The van der Waals surface area contributed by atoms with Crippen molar-refractivity contribution in [1.29, 1.82) is 0 Å². The van der Waals surface area contributed by atoms with Gasteiger partial charge >= 0.3 is 0 Å². The molecule has 2 aliphatic rings. The first-order chi connectivity index (χ1) is 26.0. The molecule has 10 heteroatoms. The van der Waals surface area contributed by atoms with Gasteiger partial charge in [0.15, 0.2) is 6.29 Å². The number of hydrogen-bond acceptors (Lipinski definition) is 10. The lowest BCUT2D eigenvalue weighted by Crippen LogP contribution is -2.60. The Balaban J connectivity index is 1.84. The standard InChI is InChI=1S/C44H88N2O8/c1-5-6-7-8-9-10-11-12-13-17-20-23-26-36(48)39(49)35(33-53-43-42(52)41(51)40(50)37(32-47)54-43)46-38(44(2,3)4)27-24-21-18-15-14-16-19-22-25-34-28-30-45-31-29-34/h34-43,45-52H,5-33H2,1-4H3/t35-,36+,37?,38-,39-,40?,41?,42?,43?/m0/s1. The monoisotopic (exact) mass is 773 g/mol. The van der Waals surface area contributed by atoms with Gasteiger partial charge in [-0.1, -0.05) is 163 Å². The Hall–Kier alpha value is -0.400. The average molecular weight is 773 g/mol. The maximum Gasteiger partial charge on any atom is 0.186 e. The van der Waals surface area contributed by atoms with Crippen molar-refractivity contribution in [2.75, 3.05) is 26.3 Å². The predicted octanol–water partition coefficient (Wildman–Crippen LogP) is 6.89. The molecule has 2 fully saturated rings. The summed E-state index contributed by atoms with van der Waals surface area (Å²) in [6.07, 6.45) is 21.2. The molecule has 322 valence electrons. The van der Waals surface area contributed by atoms with Crippen molar-refractivity contribution in [2.45, 2.75) is 243 Å². The molecule has 0 bridgehead atoms. The summed E-state index contributed by atoms with van der Waals surface area (Å²) in [5.74, 6) is 0.929. The molecule has 0 saturated carbocycles. The van der Waals surface area contributed by atoms with E-state index in [1.807, 2.05) is 0 Å². The van der Waals surface area contributed by atoms with E-state index < -0.39 is 55.6 Å². The second kappa shape index (κ2) is 29.8. The van der Waals surface area contributed by atoms with Crippen LogP contribution in [0.15, 0.2) is 0 Å². The van der Waals surface area contributed by atoms with Crippen LogP contribution < -0.4 is 10.6 Å². The molecule has 54 heavy (non-hydrogen) atoms. The van der Waals surface area contributed by atoms with E-state index in [2.05, 4.69) is 38.3 Å². The highest BCUT2D eigenvalue weighted by atomic mass is 16.7. The third-order valence-electron chi connectivity index (χ3n) is 12.2. The summed E-state index contributed by atoms with van der Waals surface area (Å²) in [6.45, 7) is 10.5. The van der Waals surface area contributed by atoms with Gasteiger partial charge in [0.2, 0.25) is 0 Å². The van der Waals surface area contributed by atoms with Crippen molar-refractivity contribution >= 4 is 0 Å². The quantitative estimate of drug-likeness (QED) is 0.0338. The van der Waals surface area contributed by atoms with Crippen molar-refractivity contribution in [3.63, 3.8) is 0 Å². The molecule has 0 aromatic carbocycles. The third kappa shape index (κ3) is 20.9. The van der Waals surface area contributed by atoms with E-state index in [-0.39, 0.29) is 18.1 Å². The summed E-state index contributed by atoms with van der Waals surface area (Å²) in [4.78, 5) is 0. The van der Waals surface area contributed by atoms with E-state index in [9.17, 15) is 30.6 Å². The smallest absolute Gasteiger partial charge is 0.186 e. The number of hydrogen-bond donors (Lipinski definition) is 8. The molecule has 0 spiro atoms. The maximum atomic E-state index is 11.5. The van der Waals surface area contributed by atoms with Gasteiger partial charge in [0.1, 0.15) is 24.4 Å². The van der Waals surface area contributed by atoms with Crippen LogP contribution in [-0.4, -0.2) is 112 Å². The fourth-order valence-corrected chi connectivity index (χ4v) is 8.32. The summed E-state index contributed by atoms with van der Waals surface area (Å²) in [5, 5.41) is 70.6. The molecule has 0 radical (unpaired) electrons. The van der Waals surface area contributed by atoms with Gasteiger partial charge in [0.05, 0.1) is 31.5 Å². The van der Waals surface area contributed by atoms with Crippen molar-refractivity contribution in [2.24, 2.45) is 11.3 Å². The van der Waals surface area contributed by atoms with Gasteiger partial charge in [-0.2, -0.15) is 0 Å². The molecule has 8 N–H and O–H groups in total. The van der Waals surface area contributed by atoms with E-state index in [1.165, 1.54) is 129 Å². The molecule has 10 nitrogen and oxygen atoms in total. The number of ether oxygens (including phenoxy) is 2. The van der Waals surface area contributed by atoms with Crippen LogP contribution in [0, 0.1) is 11.3 Å². The second-order valence-corrected chi connectivity index (χ2v) is 18.1. The molecule has 0 aromatic rings. The average Bonchev–Trinajstić information content (AvgIpc) is 3.16. The molecule has 0 aromatic heterocycles. The summed E-state index contributed by atoms with van der Waals surface area (Å²) in [5.41, 5.74) is -0.129. The van der Waals surface area contributed by atoms with Crippen LogP contribution in [0.1, 0.15) is 188 Å². The van der Waals surface area contributed by atoms with Gasteiger partial charge < -0.3 is 50.7 Å². The highest BCUT2D eigenvalue weighted by molar-refractivity contribution is 4.92. The van der Waals surface area contributed by atoms with E-state index in [4.69, 9.17) is 9.47 Å². The lowest BCUT2D eigenvalue weighted by Gasteiger charge is -2.41. The third-order valence-corrected chi connectivity index (χ3v) is 12.2. The van der Waals surface area contributed by atoms with Crippen LogP contribution in [-0.2, 0) is 9.47 Å². The minimum Gasteiger partial charge on any atom is -0.394 e. The van der Waals surface area contributed by atoms with Gasteiger partial charge in [0, 0.05) is 6.04 Å². The van der Waals surface area contributed by atoms with Gasteiger partial charge in [-0.3, -0.25) is 0 Å². The molecule has 0 amide bonds. The summed E-state index contributed by atoms with van der Waals surface area (Å²) < 4.78 is 11.5. The molecule has 2 saturated heterocycles. The molecule has 2 aliphatic heterocycles. The number of aliphatic hydroxyl groups is 6. The minimum atomic E-state index is -1.55. The van der Waals surface area contributed by atoms with E-state index in [0.717, 1.165) is 44.4 Å². The molecule has 2 heterocycles. The first-order valence-corrected chi connectivity index (χ1v) is 22.7. The van der Waals surface area contributed by atoms with Crippen LogP contribution in [0.5, 0.6) is 0 Å². The van der Waals surface area contributed by atoms with E-state index >= 15 is 0 Å². The van der Waals surface area contributed by atoms with E-state index in [0.29, 0.717) is 6.42 Å². The Morgan fingerprint density at radius 2 is 1.19 bits per heavy atom. The molecule has 2 rings (SSSR count). The lowest BCUT2D eigenvalue weighted by molar-refractivity contribution is -0.303. The first kappa shape index (κ1) is 49.7. The SMILES string of the molecule is CCCCCCCCCCCCCC[C@@H](O)[C@@H](O)[C@H](COC1OC(CO)C(O)C(O)C1O)N[C@@H](CCCCCCCCCCC1CCNCC1)C(C)(C)C. The largest absolute Gasteiger partial charge is 0.394 e. The molecule has 0 aliphatic carbocycles. The Morgan fingerprint density at radius 1 is 0.685 bits per heavy atom. The summed E-state index contributed by atoms with van der Waals surface area (Å²) in [6, 6.07) is -0.636. The zero-order valence-corrected chi connectivity index (χ0v) is 35.3. The number of unbranched alkanes of at least 4 members (excludes halogenated alkanes) is 18. The van der Waals surface area contributed by atoms with Crippen LogP contribution in [0.3, 0.4) is 0 Å². The van der Waals surface area contributed by atoms with Crippen molar-refractivity contribution in [3.05, 3.63) is 0 Å². The number of rotatable bonds is 32. The van der Waals surface area contributed by atoms with Crippen LogP contribution >= 0.6 is 0 Å². The van der Waals surface area contributed by atoms with Gasteiger partial charge in [0.25, 0.3) is 0 Å². The van der Waals surface area contributed by atoms with Crippen LogP contribution in [0.4, 0.5) is 0 Å². The van der Waals surface area contributed by atoms with Crippen molar-refractivity contribution < 1.29 is 40.1 Å². The normalized spacial score (nSPS) is 25.1. The van der Waals surface area contributed by atoms with Crippen molar-refractivity contribution in [1.82, 2.24) is 10.6 Å². The Morgan fingerprint density at radius 3 is 1.70 bits per heavy atom. The van der Waals surface area contributed by atoms with Gasteiger partial charge in [-0.25, -0.2) is 0 Å². The Bertz CT molecular complexity index is 870. The molecule has 9 atom stereocenters. The fourth-order valence-electron chi connectivity index (χ4n) is 8.32. The topological polar surface area (TPSA) is 164 Å². The van der Waals surface area contributed by atoms with Gasteiger partial charge in [-0.05, 0) is 50.1 Å². The zero-order valence-electron chi connectivity index (χ0n) is 35.3. The fraction of sp³-hybridized carbons (Fsp3) is 1.00. The highest BCUT2D eigenvalue weighted by Crippen LogP contribution is 2.27. The van der Waals surface area contributed by atoms with Gasteiger partial charge in [-0.15, -0.1) is 0 Å². The van der Waals surface area contributed by atoms with Crippen LogP contribution in [0.25, 0.3) is 0 Å². The highest BCUT2D eigenvalue weighted by Gasteiger charge is 2.44. The number of piperidine rings is 1. The Labute approximate surface area is 331 Å². The predicted molar refractivity (Wildman–Crippen MR) is 219 cm³/mol. The maximum absolute atomic E-state index is 11.5. The number of nitrogens with one attached hydrogen (secondary N) is 2. The minimum absolute atomic E-state index is 0.0318. The summed E-state index contributed by atoms with van der Waals surface area (Å²) >= 11 is 0.